The molecule has 0 radical (unpaired) electrons. The van der Waals surface area contributed by atoms with Gasteiger partial charge in [0.05, 0.1) is 10.7 Å². The van der Waals surface area contributed by atoms with Crippen LogP contribution in [-0.4, -0.2) is 63.6 Å². The molecule has 0 atom stereocenters. The number of fused-ring (bicyclic) bond motifs is 1. The third-order valence-corrected chi connectivity index (χ3v) is 6.56. The van der Waals surface area contributed by atoms with Gasteiger partial charge in [-0.25, -0.2) is 4.98 Å². The predicted molar refractivity (Wildman–Crippen MR) is 113 cm³/mol. The molecule has 1 saturated heterocycles. The SMILES string of the molecule is CC(C)(C)c1nc(CN2CCN(C(=O)c3n[nH]c4c3CNCC4)CC2)cs1.Cl. The highest BCUT2D eigenvalue weighted by Crippen LogP contribution is 2.26. The fourth-order valence-corrected chi connectivity index (χ4v) is 4.51. The Morgan fingerprint density at radius 3 is 2.68 bits per heavy atom. The maximum absolute atomic E-state index is 12.9. The largest absolute Gasteiger partial charge is 0.335 e. The minimum atomic E-state index is 0. The lowest BCUT2D eigenvalue weighted by Gasteiger charge is -2.34. The molecule has 28 heavy (non-hydrogen) atoms. The predicted octanol–water partition coefficient (Wildman–Crippen LogP) is 2.19. The second-order valence-electron chi connectivity index (χ2n) is 8.42. The zero-order valence-corrected chi connectivity index (χ0v) is 18.4. The molecule has 0 spiro atoms. The van der Waals surface area contributed by atoms with Gasteiger partial charge in [0.15, 0.2) is 5.69 Å². The summed E-state index contributed by atoms with van der Waals surface area (Å²) in [6.45, 7) is 12.3. The summed E-state index contributed by atoms with van der Waals surface area (Å²) in [5.74, 6) is 0.0551. The van der Waals surface area contributed by atoms with E-state index in [-0.39, 0.29) is 23.7 Å². The number of nitrogens with zero attached hydrogens (tertiary/aromatic N) is 4. The Morgan fingerprint density at radius 1 is 1.25 bits per heavy atom. The molecule has 1 fully saturated rings. The maximum Gasteiger partial charge on any atom is 0.274 e. The van der Waals surface area contributed by atoms with E-state index in [1.165, 1.54) is 5.01 Å². The summed E-state index contributed by atoms with van der Waals surface area (Å²) >= 11 is 1.74. The number of hydrogen-bond acceptors (Lipinski definition) is 6. The molecule has 9 heteroatoms. The summed E-state index contributed by atoms with van der Waals surface area (Å²) < 4.78 is 0. The first kappa shape index (κ1) is 21.2. The molecule has 1 amide bonds. The Morgan fingerprint density at radius 2 is 2.00 bits per heavy atom. The Hall–Kier alpha value is -1.48. The minimum Gasteiger partial charge on any atom is -0.335 e. The van der Waals surface area contributed by atoms with Crippen LogP contribution in [0.5, 0.6) is 0 Å². The highest BCUT2D eigenvalue weighted by atomic mass is 35.5. The summed E-state index contributed by atoms with van der Waals surface area (Å²) in [6.07, 6.45) is 0.910. The van der Waals surface area contributed by atoms with Crippen LogP contribution in [0.4, 0.5) is 0 Å². The average molecular weight is 425 g/mol. The normalized spacial score (nSPS) is 17.9. The Kier molecular flexibility index (Phi) is 6.44. The van der Waals surface area contributed by atoms with E-state index in [0.29, 0.717) is 5.69 Å². The molecule has 0 unspecified atom stereocenters. The van der Waals surface area contributed by atoms with Crippen molar-refractivity contribution >= 4 is 29.7 Å². The van der Waals surface area contributed by atoms with E-state index in [4.69, 9.17) is 4.98 Å². The smallest absolute Gasteiger partial charge is 0.274 e. The van der Waals surface area contributed by atoms with Crippen molar-refractivity contribution in [1.82, 2.24) is 30.3 Å². The van der Waals surface area contributed by atoms with Crippen LogP contribution < -0.4 is 5.32 Å². The van der Waals surface area contributed by atoms with Gasteiger partial charge in [0, 0.05) is 74.3 Å². The van der Waals surface area contributed by atoms with Gasteiger partial charge in [-0.1, -0.05) is 20.8 Å². The number of rotatable bonds is 3. The number of aromatic nitrogens is 3. The van der Waals surface area contributed by atoms with Crippen molar-refractivity contribution < 1.29 is 4.79 Å². The average Bonchev–Trinajstić information content (AvgIpc) is 3.28. The topological polar surface area (TPSA) is 77.2 Å². The third kappa shape index (κ3) is 4.40. The van der Waals surface area contributed by atoms with Gasteiger partial charge in [0.1, 0.15) is 0 Å². The van der Waals surface area contributed by atoms with Crippen molar-refractivity contribution in [2.45, 2.75) is 45.7 Å². The molecule has 0 bridgehead atoms. The number of carbonyl (C=O) groups is 1. The third-order valence-electron chi connectivity index (χ3n) is 5.25. The van der Waals surface area contributed by atoms with Crippen LogP contribution in [0.15, 0.2) is 5.38 Å². The van der Waals surface area contributed by atoms with Crippen LogP contribution in [0, 0.1) is 0 Å². The van der Waals surface area contributed by atoms with Gasteiger partial charge >= 0.3 is 0 Å². The lowest BCUT2D eigenvalue weighted by atomic mass is 9.98. The molecule has 2 N–H and O–H groups in total. The second kappa shape index (κ2) is 8.49. The number of nitrogens with one attached hydrogen (secondary N) is 2. The quantitative estimate of drug-likeness (QED) is 0.789. The van der Waals surface area contributed by atoms with Gasteiger partial charge in [-0.3, -0.25) is 14.8 Å². The Balaban J connectivity index is 0.00000225. The fraction of sp³-hybridized carbons (Fsp3) is 0.632. The van der Waals surface area contributed by atoms with E-state index in [0.717, 1.165) is 69.2 Å². The van der Waals surface area contributed by atoms with E-state index < -0.39 is 0 Å². The summed E-state index contributed by atoms with van der Waals surface area (Å²) in [7, 11) is 0. The maximum atomic E-state index is 12.9. The molecule has 0 saturated carbocycles. The zero-order chi connectivity index (χ0) is 19.0. The van der Waals surface area contributed by atoms with Gasteiger partial charge in [0.2, 0.25) is 0 Å². The molecular weight excluding hydrogens is 396 g/mol. The van der Waals surface area contributed by atoms with Crippen LogP contribution in [0.3, 0.4) is 0 Å². The van der Waals surface area contributed by atoms with Crippen molar-refractivity contribution in [3.63, 3.8) is 0 Å². The van der Waals surface area contributed by atoms with Gasteiger partial charge in [0.25, 0.3) is 5.91 Å². The van der Waals surface area contributed by atoms with Crippen LogP contribution >= 0.6 is 23.7 Å². The Labute approximate surface area is 176 Å². The number of thiazole rings is 1. The molecule has 7 nitrogen and oxygen atoms in total. The summed E-state index contributed by atoms with van der Waals surface area (Å²) in [5.41, 5.74) is 3.99. The Bertz CT molecular complexity index is 819. The van der Waals surface area contributed by atoms with Crippen molar-refractivity contribution in [2.24, 2.45) is 0 Å². The summed E-state index contributed by atoms with van der Waals surface area (Å²) in [6, 6.07) is 0. The van der Waals surface area contributed by atoms with Crippen LogP contribution in [0.1, 0.15) is 53.2 Å². The molecule has 2 aromatic heterocycles. The monoisotopic (exact) mass is 424 g/mol. The molecule has 0 aliphatic carbocycles. The van der Waals surface area contributed by atoms with Crippen molar-refractivity contribution in [3.8, 4) is 0 Å². The number of halogens is 1. The number of piperazine rings is 1. The fourth-order valence-electron chi connectivity index (χ4n) is 3.61. The number of aromatic amines is 1. The molecule has 4 rings (SSSR count). The van der Waals surface area contributed by atoms with E-state index in [1.807, 2.05) is 4.90 Å². The minimum absolute atomic E-state index is 0. The van der Waals surface area contributed by atoms with Crippen molar-refractivity contribution in [1.29, 1.82) is 0 Å². The van der Waals surface area contributed by atoms with Crippen molar-refractivity contribution in [3.05, 3.63) is 33.0 Å². The van der Waals surface area contributed by atoms with Gasteiger partial charge in [-0.05, 0) is 0 Å². The standard InChI is InChI=1S/C19H28N6OS.ClH/c1-19(2,3)18-21-13(12-27-18)11-24-6-8-25(9-7-24)17(26)16-14-10-20-5-4-15(14)22-23-16;/h12,20H,4-11H2,1-3H3,(H,22,23);1H. The molecule has 2 aliphatic heterocycles. The van der Waals surface area contributed by atoms with E-state index in [2.05, 4.69) is 46.6 Å². The first-order chi connectivity index (χ1) is 12.9. The van der Waals surface area contributed by atoms with Crippen LogP contribution in [0.2, 0.25) is 0 Å². The molecular formula is C19H29ClN6OS. The van der Waals surface area contributed by atoms with E-state index >= 15 is 0 Å². The molecule has 2 aliphatic rings. The summed E-state index contributed by atoms with van der Waals surface area (Å²) in [5, 5.41) is 14.0. The van der Waals surface area contributed by atoms with Crippen LogP contribution in [-0.2, 0) is 24.9 Å². The van der Waals surface area contributed by atoms with Gasteiger partial charge in [-0.2, -0.15) is 5.10 Å². The molecule has 2 aromatic rings. The highest BCUT2D eigenvalue weighted by Gasteiger charge is 2.28. The van der Waals surface area contributed by atoms with E-state index in [9.17, 15) is 4.79 Å². The second-order valence-corrected chi connectivity index (χ2v) is 9.28. The first-order valence-electron chi connectivity index (χ1n) is 9.65. The molecule has 0 aromatic carbocycles. The molecule has 4 heterocycles. The number of H-pyrrole nitrogens is 1. The summed E-state index contributed by atoms with van der Waals surface area (Å²) in [4.78, 5) is 22.0. The zero-order valence-electron chi connectivity index (χ0n) is 16.7. The number of amides is 1. The lowest BCUT2D eigenvalue weighted by molar-refractivity contribution is 0.0620. The number of hydrogen-bond donors (Lipinski definition) is 2. The van der Waals surface area contributed by atoms with E-state index in [1.54, 1.807) is 11.3 Å². The van der Waals surface area contributed by atoms with Gasteiger partial charge in [-0.15, -0.1) is 23.7 Å². The molecule has 154 valence electrons. The first-order valence-corrected chi connectivity index (χ1v) is 10.5. The number of carbonyl (C=O) groups excluding carboxylic acids is 1. The highest BCUT2D eigenvalue weighted by molar-refractivity contribution is 7.09. The van der Waals surface area contributed by atoms with Crippen molar-refractivity contribution in [2.75, 3.05) is 32.7 Å². The van der Waals surface area contributed by atoms with Gasteiger partial charge < -0.3 is 10.2 Å². The lowest BCUT2D eigenvalue weighted by Crippen LogP contribution is -2.48. The van der Waals surface area contributed by atoms with Crippen LogP contribution in [0.25, 0.3) is 0 Å².